The number of fused-ring (bicyclic) bond motifs is 1. The fourth-order valence-corrected chi connectivity index (χ4v) is 2.67. The zero-order valence-corrected chi connectivity index (χ0v) is 12.1. The lowest BCUT2D eigenvalue weighted by Crippen LogP contribution is -2.24. The van der Waals surface area contributed by atoms with Gasteiger partial charge in [-0.2, -0.15) is 0 Å². The third-order valence-electron chi connectivity index (χ3n) is 3.19. The summed E-state index contributed by atoms with van der Waals surface area (Å²) < 4.78 is 24.7. The standard InChI is InChI=1S/C13H19N3O2S/c1-3-19(17,18)9-8-14-10-13-15-11-6-4-5-7-12(11)16(13)2/h4-7,14H,3,8-10H2,1-2H3. The van der Waals surface area contributed by atoms with Crippen molar-refractivity contribution in [3.63, 3.8) is 0 Å². The minimum atomic E-state index is -2.90. The minimum Gasteiger partial charge on any atom is -0.330 e. The summed E-state index contributed by atoms with van der Waals surface area (Å²) in [6, 6.07) is 7.93. The van der Waals surface area contributed by atoms with Gasteiger partial charge in [-0.15, -0.1) is 0 Å². The molecule has 19 heavy (non-hydrogen) atoms. The van der Waals surface area contributed by atoms with E-state index in [2.05, 4.69) is 10.3 Å². The van der Waals surface area contributed by atoms with Crippen LogP contribution in [0.3, 0.4) is 0 Å². The van der Waals surface area contributed by atoms with Crippen LogP contribution in [0.5, 0.6) is 0 Å². The van der Waals surface area contributed by atoms with E-state index in [4.69, 9.17) is 0 Å². The smallest absolute Gasteiger partial charge is 0.151 e. The van der Waals surface area contributed by atoms with Crippen LogP contribution in [0.2, 0.25) is 0 Å². The van der Waals surface area contributed by atoms with Gasteiger partial charge in [-0.1, -0.05) is 19.1 Å². The molecule has 0 aliphatic carbocycles. The molecule has 0 radical (unpaired) electrons. The number of aromatic nitrogens is 2. The number of sulfone groups is 1. The lowest BCUT2D eigenvalue weighted by Gasteiger charge is -2.05. The first-order valence-corrected chi connectivity index (χ1v) is 8.17. The Balaban J connectivity index is 1.97. The molecule has 1 heterocycles. The second kappa shape index (κ2) is 5.71. The molecule has 0 aliphatic heterocycles. The number of imidazole rings is 1. The van der Waals surface area contributed by atoms with E-state index in [1.807, 2.05) is 35.9 Å². The normalized spacial score (nSPS) is 12.1. The van der Waals surface area contributed by atoms with Gasteiger partial charge < -0.3 is 9.88 Å². The van der Waals surface area contributed by atoms with Crippen molar-refractivity contribution in [1.29, 1.82) is 0 Å². The summed E-state index contributed by atoms with van der Waals surface area (Å²) in [5.41, 5.74) is 2.04. The Morgan fingerprint density at radius 3 is 2.74 bits per heavy atom. The summed E-state index contributed by atoms with van der Waals surface area (Å²) in [7, 11) is -0.931. The molecule has 0 saturated carbocycles. The molecule has 0 fully saturated rings. The minimum absolute atomic E-state index is 0.174. The molecule has 1 N–H and O–H groups in total. The molecule has 1 aromatic carbocycles. The third-order valence-corrected chi connectivity index (χ3v) is 4.90. The van der Waals surface area contributed by atoms with Crippen molar-refractivity contribution in [3.05, 3.63) is 30.1 Å². The third kappa shape index (κ3) is 3.33. The summed E-state index contributed by atoms with van der Waals surface area (Å²) in [5, 5.41) is 3.13. The van der Waals surface area contributed by atoms with E-state index in [-0.39, 0.29) is 11.5 Å². The average Bonchev–Trinajstić information content (AvgIpc) is 2.72. The van der Waals surface area contributed by atoms with Crippen molar-refractivity contribution >= 4 is 20.9 Å². The number of nitrogens with zero attached hydrogens (tertiary/aromatic N) is 2. The summed E-state index contributed by atoms with van der Waals surface area (Å²) in [6.45, 7) is 2.70. The second-order valence-corrected chi connectivity index (χ2v) is 6.96. The van der Waals surface area contributed by atoms with Crippen molar-refractivity contribution < 1.29 is 8.42 Å². The van der Waals surface area contributed by atoms with Crippen LogP contribution in [0, 0.1) is 0 Å². The summed E-state index contributed by atoms with van der Waals surface area (Å²) in [6.07, 6.45) is 0. The van der Waals surface area contributed by atoms with Crippen molar-refractivity contribution in [3.8, 4) is 0 Å². The van der Waals surface area contributed by atoms with E-state index in [0.29, 0.717) is 13.1 Å². The molecular weight excluding hydrogens is 262 g/mol. The Morgan fingerprint density at radius 1 is 1.32 bits per heavy atom. The van der Waals surface area contributed by atoms with Crippen LogP contribution in [0.4, 0.5) is 0 Å². The fraction of sp³-hybridized carbons (Fsp3) is 0.462. The zero-order valence-electron chi connectivity index (χ0n) is 11.3. The maximum Gasteiger partial charge on any atom is 0.151 e. The number of benzene rings is 1. The van der Waals surface area contributed by atoms with Crippen LogP contribution in [-0.2, 0) is 23.4 Å². The Labute approximate surface area is 113 Å². The molecule has 6 heteroatoms. The molecule has 0 bridgehead atoms. The molecule has 0 atom stereocenters. The molecule has 0 spiro atoms. The Bertz CT molecular complexity index is 662. The van der Waals surface area contributed by atoms with Crippen LogP contribution in [0.15, 0.2) is 24.3 Å². The molecule has 0 unspecified atom stereocenters. The van der Waals surface area contributed by atoms with Crippen LogP contribution in [0.25, 0.3) is 11.0 Å². The number of hydrogen-bond donors (Lipinski definition) is 1. The van der Waals surface area contributed by atoms with Gasteiger partial charge in [-0.25, -0.2) is 13.4 Å². The largest absolute Gasteiger partial charge is 0.330 e. The molecule has 0 amide bonds. The van der Waals surface area contributed by atoms with Gasteiger partial charge in [0.1, 0.15) is 5.82 Å². The Hall–Kier alpha value is -1.40. The van der Waals surface area contributed by atoms with E-state index in [1.165, 1.54) is 0 Å². The number of nitrogens with one attached hydrogen (secondary N) is 1. The molecule has 0 aliphatic rings. The van der Waals surface area contributed by atoms with Gasteiger partial charge in [0.05, 0.1) is 23.3 Å². The van der Waals surface area contributed by atoms with Gasteiger partial charge in [-0.3, -0.25) is 0 Å². The highest BCUT2D eigenvalue weighted by Gasteiger charge is 2.08. The van der Waals surface area contributed by atoms with E-state index < -0.39 is 9.84 Å². The molecular formula is C13H19N3O2S. The van der Waals surface area contributed by atoms with Crippen molar-refractivity contribution in [2.24, 2.45) is 7.05 Å². The van der Waals surface area contributed by atoms with Gasteiger partial charge in [0, 0.05) is 19.3 Å². The highest BCUT2D eigenvalue weighted by molar-refractivity contribution is 7.91. The number of hydrogen-bond acceptors (Lipinski definition) is 4. The maximum atomic E-state index is 11.4. The Morgan fingerprint density at radius 2 is 2.05 bits per heavy atom. The highest BCUT2D eigenvalue weighted by atomic mass is 32.2. The lowest BCUT2D eigenvalue weighted by atomic mass is 10.3. The summed E-state index contributed by atoms with van der Waals surface area (Å²) in [5.74, 6) is 1.28. The van der Waals surface area contributed by atoms with Gasteiger partial charge in [0.2, 0.25) is 0 Å². The van der Waals surface area contributed by atoms with Crippen LogP contribution in [0.1, 0.15) is 12.7 Å². The predicted octanol–water partition coefficient (Wildman–Crippen LogP) is 1.10. The average molecular weight is 281 g/mol. The van der Waals surface area contributed by atoms with E-state index in [0.717, 1.165) is 16.9 Å². The van der Waals surface area contributed by atoms with E-state index >= 15 is 0 Å². The maximum absolute atomic E-state index is 11.4. The number of aryl methyl sites for hydroxylation is 1. The van der Waals surface area contributed by atoms with Crippen LogP contribution >= 0.6 is 0 Å². The SMILES string of the molecule is CCS(=O)(=O)CCNCc1nc2ccccc2n1C. The summed E-state index contributed by atoms with van der Waals surface area (Å²) in [4.78, 5) is 4.52. The molecule has 0 saturated heterocycles. The van der Waals surface area contributed by atoms with Crippen molar-refractivity contribution in [2.75, 3.05) is 18.1 Å². The van der Waals surface area contributed by atoms with Gasteiger partial charge >= 0.3 is 0 Å². The monoisotopic (exact) mass is 281 g/mol. The second-order valence-electron chi connectivity index (χ2n) is 4.49. The predicted molar refractivity (Wildman–Crippen MR) is 76.7 cm³/mol. The van der Waals surface area contributed by atoms with Crippen molar-refractivity contribution in [1.82, 2.24) is 14.9 Å². The highest BCUT2D eigenvalue weighted by Crippen LogP contribution is 2.13. The lowest BCUT2D eigenvalue weighted by molar-refractivity contribution is 0.589. The first-order chi connectivity index (χ1) is 9.03. The first-order valence-electron chi connectivity index (χ1n) is 6.35. The van der Waals surface area contributed by atoms with Crippen LogP contribution < -0.4 is 5.32 Å². The number of rotatable bonds is 6. The molecule has 5 nitrogen and oxygen atoms in total. The van der Waals surface area contributed by atoms with E-state index in [1.54, 1.807) is 6.92 Å². The fourth-order valence-electron chi connectivity index (χ4n) is 1.93. The number of para-hydroxylation sites is 2. The molecule has 2 aromatic rings. The van der Waals surface area contributed by atoms with Crippen molar-refractivity contribution in [2.45, 2.75) is 13.5 Å². The molecule has 1 aromatic heterocycles. The quantitative estimate of drug-likeness (QED) is 0.805. The van der Waals surface area contributed by atoms with Gasteiger partial charge in [0.25, 0.3) is 0 Å². The van der Waals surface area contributed by atoms with E-state index in [9.17, 15) is 8.42 Å². The summed E-state index contributed by atoms with van der Waals surface area (Å²) >= 11 is 0. The van der Waals surface area contributed by atoms with Crippen LogP contribution in [-0.4, -0.2) is 36.0 Å². The topological polar surface area (TPSA) is 64.0 Å². The zero-order chi connectivity index (χ0) is 13.9. The first kappa shape index (κ1) is 14.0. The van der Waals surface area contributed by atoms with Gasteiger partial charge in [-0.05, 0) is 12.1 Å². The molecule has 104 valence electrons. The van der Waals surface area contributed by atoms with Gasteiger partial charge in [0.15, 0.2) is 9.84 Å². The Kier molecular flexibility index (Phi) is 4.21. The molecule has 2 rings (SSSR count).